The number of fused-ring (bicyclic) bond motifs is 2. The van der Waals surface area contributed by atoms with Crippen molar-refractivity contribution in [3.8, 4) is 0 Å². The lowest BCUT2D eigenvalue weighted by molar-refractivity contribution is -0.118. The average Bonchev–Trinajstić information content (AvgIpc) is 2.57. The highest BCUT2D eigenvalue weighted by Crippen LogP contribution is 2.49. The van der Waals surface area contributed by atoms with E-state index in [4.69, 9.17) is 0 Å². The predicted octanol–water partition coefficient (Wildman–Crippen LogP) is 2.53. The quantitative estimate of drug-likeness (QED) is 0.697. The molecule has 1 N–H and O–H groups in total. The van der Waals surface area contributed by atoms with Crippen molar-refractivity contribution in [2.75, 3.05) is 0 Å². The van der Waals surface area contributed by atoms with Crippen LogP contribution in [0.15, 0.2) is 22.9 Å². The molecule has 2 heteroatoms. The number of carbonyl (C=O) groups is 1. The minimum Gasteiger partial charge on any atom is -0.329 e. The van der Waals surface area contributed by atoms with Crippen molar-refractivity contribution in [1.29, 1.82) is 0 Å². The fourth-order valence-electron chi connectivity index (χ4n) is 3.27. The molecule has 2 atom stereocenters. The molecule has 3 aliphatic carbocycles. The van der Waals surface area contributed by atoms with Crippen molar-refractivity contribution < 1.29 is 4.79 Å². The van der Waals surface area contributed by atoms with Gasteiger partial charge in [-0.05, 0) is 42.7 Å². The van der Waals surface area contributed by atoms with Crippen molar-refractivity contribution in [2.45, 2.75) is 39.0 Å². The highest BCUT2D eigenvalue weighted by molar-refractivity contribution is 5.76. The number of amides is 1. The van der Waals surface area contributed by atoms with E-state index in [0.717, 1.165) is 0 Å². The van der Waals surface area contributed by atoms with Gasteiger partial charge in [-0.1, -0.05) is 12.5 Å². The molecule has 1 amide bonds. The monoisotopic (exact) mass is 203 g/mol. The first-order valence-electron chi connectivity index (χ1n) is 5.97. The molecule has 0 saturated heterocycles. The van der Waals surface area contributed by atoms with Crippen molar-refractivity contribution in [3.63, 3.8) is 0 Å². The van der Waals surface area contributed by atoms with Crippen molar-refractivity contribution in [1.82, 2.24) is 5.32 Å². The summed E-state index contributed by atoms with van der Waals surface area (Å²) in [6.07, 6.45) is 8.75. The zero-order chi connectivity index (χ0) is 10.4. The number of allylic oxidation sites excluding steroid dienone is 4. The molecule has 0 bridgehead atoms. The molecule has 0 aromatic rings. The Morgan fingerprint density at radius 1 is 1.40 bits per heavy atom. The Labute approximate surface area is 90.4 Å². The van der Waals surface area contributed by atoms with E-state index in [2.05, 4.69) is 11.4 Å². The van der Waals surface area contributed by atoms with Crippen molar-refractivity contribution >= 4 is 5.91 Å². The molecule has 0 radical (unpaired) electrons. The van der Waals surface area contributed by atoms with E-state index < -0.39 is 0 Å². The lowest BCUT2D eigenvalue weighted by Gasteiger charge is -2.36. The Morgan fingerprint density at radius 2 is 2.27 bits per heavy atom. The predicted molar refractivity (Wildman–Crippen MR) is 59.0 cm³/mol. The van der Waals surface area contributed by atoms with Crippen LogP contribution in [0.3, 0.4) is 0 Å². The molecule has 80 valence electrons. The molecule has 0 spiro atoms. The largest absolute Gasteiger partial charge is 0.329 e. The Morgan fingerprint density at radius 3 is 2.93 bits per heavy atom. The van der Waals surface area contributed by atoms with Crippen LogP contribution < -0.4 is 5.32 Å². The number of hydrogen-bond acceptors (Lipinski definition) is 1. The maximum atomic E-state index is 11.2. The van der Waals surface area contributed by atoms with Gasteiger partial charge < -0.3 is 5.32 Å². The van der Waals surface area contributed by atoms with E-state index in [-0.39, 0.29) is 5.91 Å². The molecule has 2 nitrogen and oxygen atoms in total. The zero-order valence-corrected chi connectivity index (χ0v) is 9.18. The van der Waals surface area contributed by atoms with Crippen LogP contribution >= 0.6 is 0 Å². The van der Waals surface area contributed by atoms with E-state index in [9.17, 15) is 4.79 Å². The lowest BCUT2D eigenvalue weighted by Crippen LogP contribution is -2.32. The Hall–Kier alpha value is -1.05. The summed E-state index contributed by atoms with van der Waals surface area (Å²) < 4.78 is 0. The number of carbonyl (C=O) groups excluding carboxylic acids is 1. The van der Waals surface area contributed by atoms with Gasteiger partial charge in [-0.25, -0.2) is 0 Å². The van der Waals surface area contributed by atoms with Gasteiger partial charge in [0.1, 0.15) is 0 Å². The summed E-state index contributed by atoms with van der Waals surface area (Å²) in [4.78, 5) is 11.2. The summed E-state index contributed by atoms with van der Waals surface area (Å²) in [6, 6.07) is 0. The highest BCUT2D eigenvalue weighted by Gasteiger charge is 2.37. The lowest BCUT2D eigenvalue weighted by atomic mass is 9.72. The fraction of sp³-hybridized carbons (Fsp3) is 0.615. The van der Waals surface area contributed by atoms with Gasteiger partial charge in [0.25, 0.3) is 0 Å². The molecule has 3 rings (SSSR count). The molecular weight excluding hydrogens is 186 g/mol. The summed E-state index contributed by atoms with van der Waals surface area (Å²) >= 11 is 0. The molecule has 15 heavy (non-hydrogen) atoms. The van der Waals surface area contributed by atoms with E-state index in [1.165, 1.54) is 48.9 Å². The van der Waals surface area contributed by atoms with Gasteiger partial charge in [-0.15, -0.1) is 0 Å². The molecule has 2 fully saturated rings. The van der Waals surface area contributed by atoms with Crippen LogP contribution in [0.25, 0.3) is 0 Å². The Kier molecular flexibility index (Phi) is 1.98. The molecule has 0 aromatic heterocycles. The van der Waals surface area contributed by atoms with Crippen LogP contribution in [-0.2, 0) is 4.79 Å². The van der Waals surface area contributed by atoms with Crippen LogP contribution in [0.5, 0.6) is 0 Å². The summed E-state index contributed by atoms with van der Waals surface area (Å²) in [7, 11) is 0. The van der Waals surface area contributed by atoms with E-state index in [0.29, 0.717) is 11.8 Å². The number of hydrogen-bond donors (Lipinski definition) is 1. The van der Waals surface area contributed by atoms with Gasteiger partial charge >= 0.3 is 0 Å². The second-order valence-electron chi connectivity index (χ2n) is 4.97. The van der Waals surface area contributed by atoms with Gasteiger partial charge in [0.05, 0.1) is 0 Å². The maximum absolute atomic E-state index is 11.2. The first kappa shape index (κ1) is 9.20. The summed E-state index contributed by atoms with van der Waals surface area (Å²) in [5.41, 5.74) is 4.24. The molecule has 3 aliphatic rings. The Bertz CT molecular complexity index is 378. The van der Waals surface area contributed by atoms with Gasteiger partial charge in [0, 0.05) is 18.5 Å². The molecule has 2 unspecified atom stereocenters. The second-order valence-corrected chi connectivity index (χ2v) is 4.97. The first-order chi connectivity index (χ1) is 7.25. The van der Waals surface area contributed by atoms with Gasteiger partial charge in [0.15, 0.2) is 0 Å². The molecule has 0 heterocycles. The SMILES string of the molecule is CC(=O)NC1=C2CCC2=CC2CCCC12. The van der Waals surface area contributed by atoms with Gasteiger partial charge in [0.2, 0.25) is 5.91 Å². The normalized spacial score (nSPS) is 32.7. The average molecular weight is 203 g/mol. The fourth-order valence-corrected chi connectivity index (χ4v) is 3.27. The number of nitrogens with one attached hydrogen (secondary N) is 1. The third kappa shape index (κ3) is 1.35. The third-order valence-electron chi connectivity index (χ3n) is 4.02. The van der Waals surface area contributed by atoms with Crippen LogP contribution in [0, 0.1) is 11.8 Å². The molecule has 0 aliphatic heterocycles. The maximum Gasteiger partial charge on any atom is 0.221 e. The molecule has 0 aromatic carbocycles. The van der Waals surface area contributed by atoms with Crippen molar-refractivity contribution in [2.24, 2.45) is 11.8 Å². The van der Waals surface area contributed by atoms with Crippen LogP contribution in [0.1, 0.15) is 39.0 Å². The van der Waals surface area contributed by atoms with Gasteiger partial charge in [-0.2, -0.15) is 0 Å². The second kappa shape index (κ2) is 3.22. The number of rotatable bonds is 1. The third-order valence-corrected chi connectivity index (χ3v) is 4.02. The van der Waals surface area contributed by atoms with E-state index in [1.807, 2.05) is 0 Å². The van der Waals surface area contributed by atoms with Crippen LogP contribution in [0.2, 0.25) is 0 Å². The minimum absolute atomic E-state index is 0.0938. The first-order valence-corrected chi connectivity index (χ1v) is 5.97. The zero-order valence-electron chi connectivity index (χ0n) is 9.18. The van der Waals surface area contributed by atoms with Crippen LogP contribution in [0.4, 0.5) is 0 Å². The summed E-state index contributed by atoms with van der Waals surface area (Å²) in [5, 5.41) is 3.08. The highest BCUT2D eigenvalue weighted by atomic mass is 16.1. The smallest absolute Gasteiger partial charge is 0.221 e. The Balaban J connectivity index is 1.96. The summed E-state index contributed by atoms with van der Waals surface area (Å²) in [6.45, 7) is 1.62. The summed E-state index contributed by atoms with van der Waals surface area (Å²) in [5.74, 6) is 1.43. The van der Waals surface area contributed by atoms with Gasteiger partial charge in [-0.3, -0.25) is 4.79 Å². The van der Waals surface area contributed by atoms with Crippen LogP contribution in [-0.4, -0.2) is 5.91 Å². The molecule has 2 saturated carbocycles. The topological polar surface area (TPSA) is 29.1 Å². The minimum atomic E-state index is 0.0938. The molecular formula is C13H17NO. The standard InChI is InChI=1S/C13H17NO/c1-8(15)14-13-11-4-2-3-9(11)7-10-5-6-12(10)13/h7,9,11H,2-6H2,1H3,(H,14,15). The van der Waals surface area contributed by atoms with Crippen molar-refractivity contribution in [3.05, 3.63) is 22.9 Å². The van der Waals surface area contributed by atoms with E-state index >= 15 is 0 Å². The van der Waals surface area contributed by atoms with E-state index in [1.54, 1.807) is 6.92 Å².